The number of hydrogen-bond acceptors (Lipinski definition) is 1. The topological polar surface area (TPSA) is 8.17 Å². The van der Waals surface area contributed by atoms with Crippen molar-refractivity contribution in [2.45, 2.75) is 65.3 Å². The van der Waals surface area contributed by atoms with Gasteiger partial charge in [0.25, 0.3) is 0 Å². The van der Waals surface area contributed by atoms with E-state index in [4.69, 9.17) is 0 Å². The number of likely N-dealkylation sites (N-methyl/N-ethyl adjacent to an activating group) is 1. The molecule has 2 aromatic carbocycles. The van der Waals surface area contributed by atoms with E-state index in [1.54, 1.807) is 0 Å². The average molecular weight is 385 g/mol. The fourth-order valence-corrected chi connectivity index (χ4v) is 6.24. The van der Waals surface area contributed by atoms with Crippen molar-refractivity contribution in [2.75, 3.05) is 11.9 Å². The van der Waals surface area contributed by atoms with Gasteiger partial charge in [-0.25, -0.2) is 0 Å². The van der Waals surface area contributed by atoms with Gasteiger partial charge in [0.15, 0.2) is 0 Å². The quantitative estimate of drug-likeness (QED) is 0.460. The lowest BCUT2D eigenvalue weighted by molar-refractivity contribution is 0.349. The first-order valence-corrected chi connectivity index (χ1v) is 11.1. The van der Waals surface area contributed by atoms with E-state index >= 15 is 0 Å². The minimum absolute atomic E-state index is 0.0539. The molecule has 2 aliphatic rings. The lowest BCUT2D eigenvalue weighted by atomic mass is 9.85. The van der Waals surface area contributed by atoms with Crippen LogP contribution < -0.4 is 4.90 Å². The van der Waals surface area contributed by atoms with Gasteiger partial charge in [-0.2, -0.15) is 0 Å². The van der Waals surface area contributed by atoms with Crippen LogP contribution in [0.4, 0.5) is 5.69 Å². The number of benzene rings is 2. The summed E-state index contributed by atoms with van der Waals surface area (Å²) in [5, 5.41) is 1.41. The number of hydrogen-bond donors (Lipinski definition) is 0. The van der Waals surface area contributed by atoms with E-state index in [1.807, 2.05) is 0 Å². The summed E-state index contributed by atoms with van der Waals surface area (Å²) in [6, 6.07) is 11.5. The molecule has 1 fully saturated rings. The van der Waals surface area contributed by atoms with E-state index < -0.39 is 0 Å². The predicted octanol–water partition coefficient (Wildman–Crippen LogP) is 7.03. The van der Waals surface area contributed by atoms with Crippen molar-refractivity contribution < 1.29 is 0 Å². The summed E-state index contributed by atoms with van der Waals surface area (Å²) < 4.78 is 2.66. The van der Waals surface area contributed by atoms with Crippen LogP contribution in [-0.4, -0.2) is 11.6 Å². The van der Waals surface area contributed by atoms with Crippen molar-refractivity contribution >= 4 is 16.6 Å². The van der Waals surface area contributed by atoms with Gasteiger partial charge in [0.1, 0.15) is 0 Å². The second-order valence-corrected chi connectivity index (χ2v) is 9.17. The Bertz CT molecular complexity index is 1140. The molecule has 5 rings (SSSR count). The molecular weight excluding hydrogens is 352 g/mol. The zero-order chi connectivity index (χ0) is 20.5. The van der Waals surface area contributed by atoms with Gasteiger partial charge in [-0.05, 0) is 68.4 Å². The highest BCUT2D eigenvalue weighted by Gasteiger charge is 2.46. The predicted molar refractivity (Wildman–Crippen MR) is 125 cm³/mol. The molecule has 1 aliphatic heterocycles. The minimum atomic E-state index is 0.0539. The average Bonchev–Trinajstić information content (AvgIpc) is 3.31. The fraction of sp³-hybridized carbons (Fsp3) is 0.407. The van der Waals surface area contributed by atoms with Gasteiger partial charge in [-0.3, -0.25) is 0 Å². The van der Waals surface area contributed by atoms with E-state index in [1.165, 1.54) is 81.5 Å². The molecule has 29 heavy (non-hydrogen) atoms. The third-order valence-electron chi connectivity index (χ3n) is 7.62. The Morgan fingerprint density at radius 2 is 1.69 bits per heavy atom. The minimum Gasteiger partial charge on any atom is -0.345 e. The first kappa shape index (κ1) is 18.5. The van der Waals surface area contributed by atoms with E-state index in [-0.39, 0.29) is 5.54 Å². The Balaban J connectivity index is 1.95. The summed E-state index contributed by atoms with van der Waals surface area (Å²) in [5.74, 6) is 0. The highest BCUT2D eigenvalue weighted by Crippen LogP contribution is 2.54. The monoisotopic (exact) mass is 384 g/mol. The maximum atomic E-state index is 4.63. The molecule has 1 spiro atoms. The van der Waals surface area contributed by atoms with Crippen LogP contribution in [0.2, 0.25) is 0 Å². The Kier molecular flexibility index (Phi) is 4.00. The molecule has 1 saturated carbocycles. The second-order valence-electron chi connectivity index (χ2n) is 9.17. The van der Waals surface area contributed by atoms with Crippen LogP contribution in [0.1, 0.15) is 55.0 Å². The smallest absolute Gasteiger partial charge is 0.0844 e. The van der Waals surface area contributed by atoms with Gasteiger partial charge in [0.2, 0.25) is 0 Å². The number of rotatable bonds is 2. The largest absolute Gasteiger partial charge is 0.345 e. The molecule has 0 unspecified atom stereocenters. The molecule has 0 N–H and O–H groups in total. The zero-order valence-corrected chi connectivity index (χ0v) is 18.5. The van der Waals surface area contributed by atoms with Gasteiger partial charge < -0.3 is 9.47 Å². The summed E-state index contributed by atoms with van der Waals surface area (Å²) in [6.07, 6.45) is 6.02. The highest BCUT2D eigenvalue weighted by molar-refractivity contribution is 6.07. The maximum absolute atomic E-state index is 4.63. The summed E-state index contributed by atoms with van der Waals surface area (Å²) >= 11 is 0. The Morgan fingerprint density at radius 3 is 2.31 bits per heavy atom. The van der Waals surface area contributed by atoms with Crippen LogP contribution in [0, 0.1) is 20.8 Å². The van der Waals surface area contributed by atoms with E-state index in [0.29, 0.717) is 0 Å². The van der Waals surface area contributed by atoms with Gasteiger partial charge in [-0.1, -0.05) is 56.2 Å². The van der Waals surface area contributed by atoms with Crippen LogP contribution >= 0.6 is 0 Å². The highest BCUT2D eigenvalue weighted by atomic mass is 15.3. The number of aromatic nitrogens is 1. The van der Waals surface area contributed by atoms with E-state index in [9.17, 15) is 0 Å². The van der Waals surface area contributed by atoms with Crippen LogP contribution in [0.25, 0.3) is 22.0 Å². The molecule has 1 aliphatic carbocycles. The van der Waals surface area contributed by atoms with Crippen molar-refractivity contribution in [1.29, 1.82) is 0 Å². The molecule has 150 valence electrons. The SMILES string of the molecule is C=C1N(C)c2c(C)c(CC)c(-c3ccc(C)cc3)c3cc(C)n(c23)C12CCCC2. The van der Waals surface area contributed by atoms with Crippen LogP contribution in [-0.2, 0) is 12.0 Å². The molecule has 1 aromatic heterocycles. The Hall–Kier alpha value is -2.48. The number of fused-ring (bicyclic) bond motifs is 1. The van der Waals surface area contributed by atoms with Crippen LogP contribution in [0.3, 0.4) is 0 Å². The van der Waals surface area contributed by atoms with E-state index in [2.05, 4.69) is 81.1 Å². The first-order valence-electron chi connectivity index (χ1n) is 11.1. The normalized spacial score (nSPS) is 17.7. The van der Waals surface area contributed by atoms with Crippen LogP contribution in [0.5, 0.6) is 0 Å². The molecule has 3 aromatic rings. The van der Waals surface area contributed by atoms with E-state index in [0.717, 1.165) is 6.42 Å². The number of nitrogens with zero attached hydrogens (tertiary/aromatic N) is 2. The van der Waals surface area contributed by atoms with Crippen molar-refractivity contribution in [1.82, 2.24) is 4.57 Å². The molecule has 0 radical (unpaired) electrons. The van der Waals surface area contributed by atoms with Gasteiger partial charge in [0, 0.05) is 23.8 Å². The molecule has 2 heterocycles. The van der Waals surface area contributed by atoms with Gasteiger partial charge in [0.05, 0.1) is 16.7 Å². The zero-order valence-electron chi connectivity index (χ0n) is 18.5. The maximum Gasteiger partial charge on any atom is 0.0844 e. The molecule has 2 nitrogen and oxygen atoms in total. The standard InChI is InChI=1S/C27H32N2/c1-7-22-19(4)25-26-23(24(22)21-12-10-17(2)11-13-21)16-18(3)29(26)27(14-8-9-15-27)20(5)28(25)6/h10-13,16H,5,7-9,14-15H2,1-4,6H3. The summed E-state index contributed by atoms with van der Waals surface area (Å²) in [4.78, 5) is 2.42. The molecular formula is C27H32N2. The number of allylic oxidation sites excluding steroid dienone is 1. The summed E-state index contributed by atoms with van der Waals surface area (Å²) in [7, 11) is 2.24. The van der Waals surface area contributed by atoms with Gasteiger partial charge in [-0.15, -0.1) is 0 Å². The molecule has 0 amide bonds. The van der Waals surface area contributed by atoms with Crippen molar-refractivity contribution in [3.05, 3.63) is 65.0 Å². The second kappa shape index (κ2) is 6.26. The third kappa shape index (κ3) is 2.29. The first-order chi connectivity index (χ1) is 13.9. The van der Waals surface area contributed by atoms with Crippen molar-refractivity contribution in [3.63, 3.8) is 0 Å². The number of anilines is 1. The Morgan fingerprint density at radius 1 is 1.03 bits per heavy atom. The Labute approximate surface area is 174 Å². The van der Waals surface area contributed by atoms with Crippen molar-refractivity contribution in [3.8, 4) is 11.1 Å². The van der Waals surface area contributed by atoms with Gasteiger partial charge >= 0.3 is 0 Å². The lowest BCUT2D eigenvalue weighted by Gasteiger charge is -2.45. The molecule has 0 bridgehead atoms. The molecule has 0 saturated heterocycles. The lowest BCUT2D eigenvalue weighted by Crippen LogP contribution is -2.43. The van der Waals surface area contributed by atoms with Crippen molar-refractivity contribution in [2.24, 2.45) is 0 Å². The number of aryl methyl sites for hydroxylation is 2. The fourth-order valence-electron chi connectivity index (χ4n) is 6.24. The third-order valence-corrected chi connectivity index (χ3v) is 7.62. The van der Waals surface area contributed by atoms with Crippen LogP contribution in [0.15, 0.2) is 42.6 Å². The molecule has 0 atom stereocenters. The summed E-state index contributed by atoms with van der Waals surface area (Å²) in [5.41, 5.74) is 12.4. The molecule has 2 heteroatoms. The summed E-state index contributed by atoms with van der Waals surface area (Å²) in [6.45, 7) is 13.7.